The second-order valence-electron chi connectivity index (χ2n) is 6.56. The first-order valence-corrected chi connectivity index (χ1v) is 10.9. The van der Waals surface area contributed by atoms with Crippen LogP contribution in [-0.2, 0) is 6.61 Å². The first-order chi connectivity index (χ1) is 14.9. The van der Waals surface area contributed by atoms with E-state index < -0.39 is 11.2 Å². The lowest BCUT2D eigenvalue weighted by molar-refractivity contribution is 0.304. The van der Waals surface area contributed by atoms with E-state index >= 15 is 0 Å². The number of fused-ring (bicyclic) bond motifs is 1. The van der Waals surface area contributed by atoms with Gasteiger partial charge in [0.1, 0.15) is 12.4 Å². The van der Waals surface area contributed by atoms with E-state index in [0.29, 0.717) is 38.9 Å². The van der Waals surface area contributed by atoms with Gasteiger partial charge in [-0.1, -0.05) is 41.4 Å². The number of nitrogens with one attached hydrogen (secondary N) is 1. The summed E-state index contributed by atoms with van der Waals surface area (Å²) in [6, 6.07) is 17.6. The maximum atomic E-state index is 12.5. The molecule has 9 heteroatoms. The molecule has 4 rings (SSSR count). The van der Waals surface area contributed by atoms with Crippen molar-refractivity contribution in [2.45, 2.75) is 6.61 Å². The standard InChI is InChI=1S/C22H14Cl2IN3O3/c23-16-7-5-14(9-17(16)24)12-31-20-8-6-13(10-18(20)25)11-26-28-21(29)15-3-1-2-4-19(15)27-22(28)30/h1-11H,12H2,(H,27,30). The molecule has 0 spiro atoms. The third kappa shape index (κ3) is 4.84. The Kier molecular flexibility index (Phi) is 6.45. The highest BCUT2D eigenvalue weighted by Gasteiger charge is 2.07. The van der Waals surface area contributed by atoms with Crippen LogP contribution in [0.4, 0.5) is 0 Å². The Morgan fingerprint density at radius 2 is 1.84 bits per heavy atom. The molecule has 0 saturated carbocycles. The number of H-pyrrole nitrogens is 1. The number of para-hydroxylation sites is 1. The number of hydrogen-bond donors (Lipinski definition) is 1. The van der Waals surface area contributed by atoms with E-state index in [1.54, 1.807) is 48.5 Å². The third-order valence-electron chi connectivity index (χ3n) is 4.44. The molecule has 4 aromatic rings. The monoisotopic (exact) mass is 565 g/mol. The lowest BCUT2D eigenvalue weighted by Crippen LogP contribution is -2.32. The highest BCUT2D eigenvalue weighted by Crippen LogP contribution is 2.25. The van der Waals surface area contributed by atoms with Crippen LogP contribution in [0.5, 0.6) is 5.75 Å². The van der Waals surface area contributed by atoms with Crippen molar-refractivity contribution in [2.75, 3.05) is 0 Å². The van der Waals surface area contributed by atoms with Crippen molar-refractivity contribution in [3.8, 4) is 5.75 Å². The fraction of sp³-hybridized carbons (Fsp3) is 0.0455. The SMILES string of the molecule is O=c1[nH]c2ccccc2c(=O)n1N=Cc1ccc(OCc2ccc(Cl)c(Cl)c2)c(I)c1. The quantitative estimate of drug-likeness (QED) is 0.271. The molecule has 0 unspecified atom stereocenters. The molecule has 0 aliphatic carbocycles. The van der Waals surface area contributed by atoms with E-state index in [1.807, 2.05) is 12.1 Å². The molecule has 156 valence electrons. The van der Waals surface area contributed by atoms with Gasteiger partial charge in [0.25, 0.3) is 5.56 Å². The smallest absolute Gasteiger partial charge is 0.349 e. The number of rotatable bonds is 5. The second-order valence-corrected chi connectivity index (χ2v) is 8.54. The number of halogens is 3. The van der Waals surface area contributed by atoms with Crippen LogP contribution in [0.3, 0.4) is 0 Å². The molecule has 0 amide bonds. The van der Waals surface area contributed by atoms with Gasteiger partial charge in [0.2, 0.25) is 0 Å². The Balaban J connectivity index is 1.54. The van der Waals surface area contributed by atoms with Crippen molar-refractivity contribution in [1.29, 1.82) is 0 Å². The second kappa shape index (κ2) is 9.25. The molecule has 0 radical (unpaired) electrons. The van der Waals surface area contributed by atoms with Crippen molar-refractivity contribution >= 4 is 62.9 Å². The fourth-order valence-corrected chi connectivity index (χ4v) is 3.90. The molecule has 0 aliphatic rings. The van der Waals surface area contributed by atoms with Gasteiger partial charge >= 0.3 is 5.69 Å². The van der Waals surface area contributed by atoms with Gasteiger partial charge in [-0.15, -0.1) is 4.68 Å². The van der Waals surface area contributed by atoms with Crippen LogP contribution in [0.25, 0.3) is 10.9 Å². The average Bonchev–Trinajstić information content (AvgIpc) is 2.75. The first kappa shape index (κ1) is 21.6. The molecule has 1 aromatic heterocycles. The average molecular weight is 566 g/mol. The van der Waals surface area contributed by atoms with Crippen molar-refractivity contribution in [1.82, 2.24) is 9.66 Å². The van der Waals surface area contributed by atoms with Crippen LogP contribution in [0.15, 0.2) is 75.4 Å². The first-order valence-electron chi connectivity index (χ1n) is 9.07. The molecule has 0 bridgehead atoms. The van der Waals surface area contributed by atoms with Crippen LogP contribution in [0.2, 0.25) is 10.0 Å². The van der Waals surface area contributed by atoms with Gasteiger partial charge in [-0.2, -0.15) is 5.10 Å². The van der Waals surface area contributed by atoms with E-state index in [4.69, 9.17) is 27.9 Å². The molecule has 3 aromatic carbocycles. The summed E-state index contributed by atoms with van der Waals surface area (Å²) in [5, 5.41) is 5.43. The van der Waals surface area contributed by atoms with Crippen molar-refractivity contribution < 1.29 is 4.74 Å². The maximum absolute atomic E-state index is 12.5. The zero-order chi connectivity index (χ0) is 22.0. The number of aromatic nitrogens is 2. The van der Waals surface area contributed by atoms with Gasteiger partial charge in [-0.3, -0.25) is 4.79 Å². The van der Waals surface area contributed by atoms with Gasteiger partial charge in [0.15, 0.2) is 0 Å². The fourth-order valence-electron chi connectivity index (χ4n) is 2.89. The van der Waals surface area contributed by atoms with Gasteiger partial charge in [0, 0.05) is 0 Å². The summed E-state index contributed by atoms with van der Waals surface area (Å²) in [4.78, 5) is 27.4. The largest absolute Gasteiger partial charge is 0.488 e. The highest BCUT2D eigenvalue weighted by atomic mass is 127. The van der Waals surface area contributed by atoms with Crippen LogP contribution < -0.4 is 16.0 Å². The molecule has 0 atom stereocenters. The predicted octanol–water partition coefficient (Wildman–Crippen LogP) is 5.06. The zero-order valence-corrected chi connectivity index (χ0v) is 19.5. The van der Waals surface area contributed by atoms with E-state index in [0.717, 1.165) is 13.8 Å². The number of aromatic amines is 1. The van der Waals surface area contributed by atoms with E-state index in [9.17, 15) is 9.59 Å². The summed E-state index contributed by atoms with van der Waals surface area (Å²) in [6.07, 6.45) is 1.45. The lowest BCUT2D eigenvalue weighted by atomic mass is 10.2. The van der Waals surface area contributed by atoms with Crippen LogP contribution in [-0.4, -0.2) is 15.9 Å². The summed E-state index contributed by atoms with van der Waals surface area (Å²) in [6.45, 7) is 0.336. The van der Waals surface area contributed by atoms with E-state index in [2.05, 4.69) is 32.7 Å². The van der Waals surface area contributed by atoms with Crippen LogP contribution >= 0.6 is 45.8 Å². The topological polar surface area (TPSA) is 76.5 Å². The Hall–Kier alpha value is -2.62. The molecule has 0 fully saturated rings. The molecular weight excluding hydrogens is 552 g/mol. The molecule has 6 nitrogen and oxygen atoms in total. The third-order valence-corrected chi connectivity index (χ3v) is 6.02. The zero-order valence-electron chi connectivity index (χ0n) is 15.8. The predicted molar refractivity (Wildman–Crippen MR) is 132 cm³/mol. The Morgan fingerprint density at radius 3 is 2.61 bits per heavy atom. The number of ether oxygens (including phenoxy) is 1. The normalized spacial score (nSPS) is 11.3. The van der Waals surface area contributed by atoms with E-state index in [-0.39, 0.29) is 0 Å². The van der Waals surface area contributed by atoms with Gasteiger partial charge in [0.05, 0.1) is 30.7 Å². The van der Waals surface area contributed by atoms with Crippen molar-refractivity contribution in [2.24, 2.45) is 5.10 Å². The summed E-state index contributed by atoms with van der Waals surface area (Å²) in [7, 11) is 0. The molecule has 1 N–H and O–H groups in total. The number of benzene rings is 3. The minimum atomic E-state index is -0.601. The molecule has 0 aliphatic heterocycles. The van der Waals surface area contributed by atoms with Crippen molar-refractivity contribution in [3.05, 3.63) is 106 Å². The van der Waals surface area contributed by atoms with Crippen LogP contribution in [0, 0.1) is 3.57 Å². The van der Waals surface area contributed by atoms with E-state index in [1.165, 1.54) is 6.21 Å². The minimum Gasteiger partial charge on any atom is -0.488 e. The van der Waals surface area contributed by atoms with Gasteiger partial charge in [-0.05, 0) is 76.2 Å². The number of hydrogen-bond acceptors (Lipinski definition) is 4. The Labute approximate surface area is 200 Å². The van der Waals surface area contributed by atoms with Crippen LogP contribution in [0.1, 0.15) is 11.1 Å². The summed E-state index contributed by atoms with van der Waals surface area (Å²) in [5.74, 6) is 0.685. The summed E-state index contributed by atoms with van der Waals surface area (Å²) < 4.78 is 7.52. The number of nitrogens with zero attached hydrogens (tertiary/aromatic N) is 2. The molecule has 1 heterocycles. The molecular formula is C22H14Cl2IN3O3. The highest BCUT2D eigenvalue weighted by molar-refractivity contribution is 14.1. The molecule has 0 saturated heterocycles. The Morgan fingerprint density at radius 1 is 1.03 bits per heavy atom. The summed E-state index contributed by atoms with van der Waals surface area (Å²) >= 11 is 14.1. The molecule has 31 heavy (non-hydrogen) atoms. The lowest BCUT2D eigenvalue weighted by Gasteiger charge is -2.09. The van der Waals surface area contributed by atoms with Gasteiger partial charge < -0.3 is 9.72 Å². The van der Waals surface area contributed by atoms with Crippen molar-refractivity contribution in [3.63, 3.8) is 0 Å². The maximum Gasteiger partial charge on any atom is 0.349 e. The van der Waals surface area contributed by atoms with Gasteiger partial charge in [-0.25, -0.2) is 4.79 Å². The summed E-state index contributed by atoms with van der Waals surface area (Å²) in [5.41, 5.74) is 1.00. The Bertz CT molecular complexity index is 1430. The minimum absolute atomic E-state index is 0.336.